The van der Waals surface area contributed by atoms with Crippen molar-refractivity contribution in [1.29, 1.82) is 0 Å². The van der Waals surface area contributed by atoms with Crippen LogP contribution in [0.25, 0.3) is 0 Å². The molecule has 1 aliphatic heterocycles. The molecule has 166 valence electrons. The number of nitrogens with zero attached hydrogens (tertiary/aromatic N) is 2. The lowest BCUT2D eigenvalue weighted by atomic mass is 10.1. The standard InChI is InChI=1S/C26H29N3O3/c1-31-23-12-13-24(25(18-23)32-2)26(30)27-21-10-8-20(9-11-21)19-28-14-16-29(17-15-28)22-6-4-3-5-7-22/h3-13,18H,14-17,19H2,1-2H3,(H,27,30). The molecule has 4 rings (SSSR count). The van der Waals surface area contributed by atoms with Crippen molar-refractivity contribution < 1.29 is 14.3 Å². The van der Waals surface area contributed by atoms with Crippen molar-refractivity contribution in [3.63, 3.8) is 0 Å². The zero-order valence-corrected chi connectivity index (χ0v) is 18.6. The number of nitrogens with one attached hydrogen (secondary N) is 1. The lowest BCUT2D eigenvalue weighted by Crippen LogP contribution is -2.45. The quantitative estimate of drug-likeness (QED) is 0.605. The van der Waals surface area contributed by atoms with Crippen molar-refractivity contribution in [3.8, 4) is 11.5 Å². The fraction of sp³-hybridized carbons (Fsp3) is 0.269. The van der Waals surface area contributed by atoms with E-state index < -0.39 is 0 Å². The number of para-hydroxylation sites is 1. The van der Waals surface area contributed by atoms with E-state index >= 15 is 0 Å². The Morgan fingerprint density at radius 1 is 0.875 bits per heavy atom. The van der Waals surface area contributed by atoms with Crippen LogP contribution in [0.4, 0.5) is 11.4 Å². The molecule has 3 aromatic rings. The van der Waals surface area contributed by atoms with Gasteiger partial charge in [-0.3, -0.25) is 9.69 Å². The molecule has 6 nitrogen and oxygen atoms in total. The molecule has 6 heteroatoms. The molecule has 0 atom stereocenters. The van der Waals surface area contributed by atoms with Gasteiger partial charge in [-0.15, -0.1) is 0 Å². The van der Waals surface area contributed by atoms with Crippen LogP contribution in [-0.2, 0) is 6.54 Å². The molecule has 1 amide bonds. The number of amides is 1. The molecular formula is C26H29N3O3. The summed E-state index contributed by atoms with van der Waals surface area (Å²) in [7, 11) is 3.12. The topological polar surface area (TPSA) is 54.0 Å². The van der Waals surface area contributed by atoms with Crippen molar-refractivity contribution in [3.05, 3.63) is 83.9 Å². The zero-order valence-electron chi connectivity index (χ0n) is 18.6. The second-order valence-electron chi connectivity index (χ2n) is 7.82. The largest absolute Gasteiger partial charge is 0.497 e. The van der Waals surface area contributed by atoms with Crippen LogP contribution in [-0.4, -0.2) is 51.2 Å². The van der Waals surface area contributed by atoms with E-state index in [1.54, 1.807) is 32.4 Å². The number of benzene rings is 3. The zero-order chi connectivity index (χ0) is 22.3. The molecule has 1 N–H and O–H groups in total. The first-order valence-corrected chi connectivity index (χ1v) is 10.8. The summed E-state index contributed by atoms with van der Waals surface area (Å²) in [5, 5.41) is 2.95. The Kier molecular flexibility index (Phi) is 6.92. The first-order chi connectivity index (χ1) is 15.7. The molecule has 0 unspecified atom stereocenters. The first-order valence-electron chi connectivity index (χ1n) is 10.8. The van der Waals surface area contributed by atoms with Crippen LogP contribution in [0.5, 0.6) is 11.5 Å². The van der Waals surface area contributed by atoms with Gasteiger partial charge in [-0.1, -0.05) is 30.3 Å². The Morgan fingerprint density at radius 2 is 1.59 bits per heavy atom. The highest BCUT2D eigenvalue weighted by molar-refractivity contribution is 6.06. The summed E-state index contributed by atoms with van der Waals surface area (Å²) in [6, 6.07) is 23.8. The summed E-state index contributed by atoms with van der Waals surface area (Å²) in [6.07, 6.45) is 0. The van der Waals surface area contributed by atoms with Crippen molar-refractivity contribution in [2.75, 3.05) is 50.6 Å². The molecule has 1 saturated heterocycles. The maximum atomic E-state index is 12.7. The summed E-state index contributed by atoms with van der Waals surface area (Å²) >= 11 is 0. The van der Waals surface area contributed by atoms with Gasteiger partial charge in [0.1, 0.15) is 11.5 Å². The molecule has 0 radical (unpaired) electrons. The molecule has 0 aromatic heterocycles. The van der Waals surface area contributed by atoms with Gasteiger partial charge in [0, 0.05) is 50.2 Å². The van der Waals surface area contributed by atoms with Crippen LogP contribution in [0, 0.1) is 0 Å². The maximum absolute atomic E-state index is 12.7. The number of methoxy groups -OCH3 is 2. The van der Waals surface area contributed by atoms with Crippen LogP contribution < -0.4 is 19.7 Å². The van der Waals surface area contributed by atoms with Gasteiger partial charge in [0.15, 0.2) is 0 Å². The van der Waals surface area contributed by atoms with E-state index in [1.165, 1.54) is 11.3 Å². The molecule has 1 heterocycles. The molecule has 0 bridgehead atoms. The minimum Gasteiger partial charge on any atom is -0.497 e. The number of carbonyl (C=O) groups excluding carboxylic acids is 1. The molecule has 1 fully saturated rings. The van der Waals surface area contributed by atoms with Crippen LogP contribution >= 0.6 is 0 Å². The molecular weight excluding hydrogens is 402 g/mol. The SMILES string of the molecule is COc1ccc(C(=O)Nc2ccc(CN3CCN(c4ccccc4)CC3)cc2)c(OC)c1. The second kappa shape index (κ2) is 10.2. The Morgan fingerprint density at radius 3 is 2.25 bits per heavy atom. The van der Waals surface area contributed by atoms with Gasteiger partial charge in [0.05, 0.1) is 19.8 Å². The van der Waals surface area contributed by atoms with Crippen molar-refractivity contribution in [1.82, 2.24) is 4.90 Å². The lowest BCUT2D eigenvalue weighted by molar-refractivity contribution is 0.102. The molecule has 0 saturated carbocycles. The van der Waals surface area contributed by atoms with E-state index in [4.69, 9.17) is 9.47 Å². The third-order valence-corrected chi connectivity index (χ3v) is 5.76. The summed E-state index contributed by atoms with van der Waals surface area (Å²) < 4.78 is 10.5. The predicted octanol–water partition coefficient (Wildman–Crippen LogP) is 4.28. The van der Waals surface area contributed by atoms with E-state index in [0.717, 1.165) is 38.4 Å². The maximum Gasteiger partial charge on any atom is 0.259 e. The van der Waals surface area contributed by atoms with Crippen LogP contribution in [0.1, 0.15) is 15.9 Å². The average Bonchev–Trinajstić information content (AvgIpc) is 2.85. The van der Waals surface area contributed by atoms with Gasteiger partial charge in [0.2, 0.25) is 0 Å². The second-order valence-corrected chi connectivity index (χ2v) is 7.82. The minimum atomic E-state index is -0.214. The molecule has 1 aliphatic rings. The summed E-state index contributed by atoms with van der Waals surface area (Å²) in [6.45, 7) is 5.03. The van der Waals surface area contributed by atoms with Crippen LogP contribution in [0.3, 0.4) is 0 Å². The van der Waals surface area contributed by atoms with Gasteiger partial charge in [-0.05, 0) is 42.0 Å². The smallest absolute Gasteiger partial charge is 0.259 e. The van der Waals surface area contributed by atoms with Crippen molar-refractivity contribution in [2.45, 2.75) is 6.54 Å². The highest BCUT2D eigenvalue weighted by Gasteiger charge is 2.17. The fourth-order valence-corrected chi connectivity index (χ4v) is 3.94. The first kappa shape index (κ1) is 21.7. The highest BCUT2D eigenvalue weighted by Crippen LogP contribution is 2.25. The number of carbonyl (C=O) groups is 1. The van der Waals surface area contributed by atoms with E-state index in [9.17, 15) is 4.79 Å². The summed E-state index contributed by atoms with van der Waals surface area (Å²) in [4.78, 5) is 17.6. The Bertz CT molecular complexity index is 1030. The van der Waals surface area contributed by atoms with E-state index in [2.05, 4.69) is 57.6 Å². The Labute approximate surface area is 189 Å². The van der Waals surface area contributed by atoms with Gasteiger partial charge < -0.3 is 19.7 Å². The Balaban J connectivity index is 1.31. The third-order valence-electron chi connectivity index (χ3n) is 5.76. The number of piperazine rings is 1. The van der Waals surface area contributed by atoms with Gasteiger partial charge in [0.25, 0.3) is 5.91 Å². The fourth-order valence-electron chi connectivity index (χ4n) is 3.94. The number of ether oxygens (including phenoxy) is 2. The summed E-state index contributed by atoms with van der Waals surface area (Å²) in [5.74, 6) is 0.912. The number of hydrogen-bond acceptors (Lipinski definition) is 5. The normalized spacial score (nSPS) is 14.1. The van der Waals surface area contributed by atoms with E-state index in [-0.39, 0.29) is 5.91 Å². The number of anilines is 2. The van der Waals surface area contributed by atoms with Gasteiger partial charge in [-0.25, -0.2) is 0 Å². The van der Waals surface area contributed by atoms with Gasteiger partial charge in [-0.2, -0.15) is 0 Å². The van der Waals surface area contributed by atoms with E-state index in [1.807, 2.05) is 12.1 Å². The van der Waals surface area contributed by atoms with Gasteiger partial charge >= 0.3 is 0 Å². The van der Waals surface area contributed by atoms with E-state index in [0.29, 0.717) is 17.1 Å². The van der Waals surface area contributed by atoms with Crippen molar-refractivity contribution in [2.24, 2.45) is 0 Å². The third kappa shape index (κ3) is 5.21. The number of hydrogen-bond donors (Lipinski definition) is 1. The van der Waals surface area contributed by atoms with Crippen molar-refractivity contribution >= 4 is 17.3 Å². The minimum absolute atomic E-state index is 0.214. The lowest BCUT2D eigenvalue weighted by Gasteiger charge is -2.36. The molecule has 0 aliphatic carbocycles. The predicted molar refractivity (Wildman–Crippen MR) is 128 cm³/mol. The Hall–Kier alpha value is -3.51. The summed E-state index contributed by atoms with van der Waals surface area (Å²) in [5.41, 5.74) is 3.75. The molecule has 32 heavy (non-hydrogen) atoms. The number of rotatable bonds is 7. The molecule has 0 spiro atoms. The average molecular weight is 432 g/mol. The monoisotopic (exact) mass is 431 g/mol. The van der Waals surface area contributed by atoms with Crippen LogP contribution in [0.2, 0.25) is 0 Å². The highest BCUT2D eigenvalue weighted by atomic mass is 16.5. The molecule has 3 aromatic carbocycles. The van der Waals surface area contributed by atoms with Crippen LogP contribution in [0.15, 0.2) is 72.8 Å².